The van der Waals surface area contributed by atoms with E-state index in [-0.39, 0.29) is 23.6 Å². The summed E-state index contributed by atoms with van der Waals surface area (Å²) in [5, 5.41) is 2.32. The molecule has 0 radical (unpaired) electrons. The molecule has 37 heavy (non-hydrogen) atoms. The van der Waals surface area contributed by atoms with Crippen molar-refractivity contribution in [3.05, 3.63) is 107 Å². The number of benzene rings is 4. The SMILES string of the molecule is CCN1C(=O)c2ccc(-c3ccc(Sc4ccc(-c5ccc6c(c5)C(=O)NC6=O)cc4)cc3)cc2C1=O. The zero-order chi connectivity index (χ0) is 25.7. The minimum Gasteiger partial charge on any atom is -0.288 e. The van der Waals surface area contributed by atoms with Crippen molar-refractivity contribution < 1.29 is 19.2 Å². The molecule has 4 aromatic carbocycles. The van der Waals surface area contributed by atoms with Crippen molar-refractivity contribution in [1.29, 1.82) is 0 Å². The Morgan fingerprint density at radius 2 is 1.03 bits per heavy atom. The highest BCUT2D eigenvalue weighted by Gasteiger charge is 2.34. The minimum atomic E-state index is -0.361. The quantitative estimate of drug-likeness (QED) is 0.354. The Hall–Kier alpha value is -4.49. The van der Waals surface area contributed by atoms with E-state index in [1.807, 2.05) is 60.7 Å². The fourth-order valence-corrected chi connectivity index (χ4v) is 5.49. The van der Waals surface area contributed by atoms with Crippen LogP contribution in [0.3, 0.4) is 0 Å². The average Bonchev–Trinajstić information content (AvgIpc) is 3.35. The molecule has 7 heteroatoms. The lowest BCUT2D eigenvalue weighted by atomic mass is 10.0. The van der Waals surface area contributed by atoms with E-state index in [1.54, 1.807) is 43.0 Å². The van der Waals surface area contributed by atoms with Crippen molar-refractivity contribution in [2.24, 2.45) is 0 Å². The van der Waals surface area contributed by atoms with Crippen LogP contribution in [-0.2, 0) is 0 Å². The summed E-state index contributed by atoms with van der Waals surface area (Å²) in [7, 11) is 0. The Kier molecular flexibility index (Phi) is 5.50. The molecular weight excluding hydrogens is 484 g/mol. The van der Waals surface area contributed by atoms with Gasteiger partial charge in [-0.2, -0.15) is 0 Å². The van der Waals surface area contributed by atoms with Crippen molar-refractivity contribution in [3.63, 3.8) is 0 Å². The van der Waals surface area contributed by atoms with E-state index in [0.29, 0.717) is 28.8 Å². The number of carbonyl (C=O) groups excluding carboxylic acids is 4. The number of fused-ring (bicyclic) bond motifs is 2. The number of nitrogens with zero attached hydrogens (tertiary/aromatic N) is 1. The highest BCUT2D eigenvalue weighted by atomic mass is 32.2. The monoisotopic (exact) mass is 504 g/mol. The fourth-order valence-electron chi connectivity index (χ4n) is 4.67. The molecule has 0 spiro atoms. The third-order valence-electron chi connectivity index (χ3n) is 6.63. The maximum absolute atomic E-state index is 12.5. The van der Waals surface area contributed by atoms with Gasteiger partial charge in [0.05, 0.1) is 22.3 Å². The average molecular weight is 505 g/mol. The number of carbonyl (C=O) groups is 4. The van der Waals surface area contributed by atoms with Crippen molar-refractivity contribution >= 4 is 35.4 Å². The lowest BCUT2D eigenvalue weighted by Crippen LogP contribution is -2.29. The van der Waals surface area contributed by atoms with Crippen LogP contribution in [0.2, 0.25) is 0 Å². The Balaban J connectivity index is 1.18. The summed E-state index contributed by atoms with van der Waals surface area (Å²) in [4.78, 5) is 52.0. The summed E-state index contributed by atoms with van der Waals surface area (Å²) in [6.07, 6.45) is 0. The second-order valence-electron chi connectivity index (χ2n) is 8.81. The van der Waals surface area contributed by atoms with Gasteiger partial charge in [0, 0.05) is 16.3 Å². The van der Waals surface area contributed by atoms with E-state index in [1.165, 1.54) is 4.90 Å². The topological polar surface area (TPSA) is 83.6 Å². The van der Waals surface area contributed by atoms with Gasteiger partial charge in [-0.15, -0.1) is 0 Å². The molecule has 2 aliphatic rings. The van der Waals surface area contributed by atoms with Crippen LogP contribution in [0.5, 0.6) is 0 Å². The van der Waals surface area contributed by atoms with E-state index < -0.39 is 0 Å². The molecule has 6 rings (SSSR count). The lowest BCUT2D eigenvalue weighted by Gasteiger charge is -2.08. The van der Waals surface area contributed by atoms with E-state index in [0.717, 1.165) is 32.0 Å². The minimum absolute atomic E-state index is 0.233. The largest absolute Gasteiger partial charge is 0.288 e. The summed E-state index contributed by atoms with van der Waals surface area (Å²) < 4.78 is 0. The fraction of sp³-hybridized carbons (Fsp3) is 0.0667. The molecule has 0 aliphatic carbocycles. The van der Waals surface area contributed by atoms with Crippen LogP contribution in [0.25, 0.3) is 22.3 Å². The van der Waals surface area contributed by atoms with Gasteiger partial charge in [-0.05, 0) is 77.7 Å². The summed E-state index contributed by atoms with van der Waals surface area (Å²) >= 11 is 1.63. The van der Waals surface area contributed by atoms with Crippen molar-refractivity contribution in [3.8, 4) is 22.3 Å². The van der Waals surface area contributed by atoms with Crippen molar-refractivity contribution in [2.45, 2.75) is 16.7 Å². The Bertz CT molecular complexity index is 1620. The molecule has 0 fully saturated rings. The third-order valence-corrected chi connectivity index (χ3v) is 7.65. The number of hydrogen-bond donors (Lipinski definition) is 1. The Morgan fingerprint density at radius 1 is 0.568 bits per heavy atom. The van der Waals surface area contributed by atoms with Gasteiger partial charge in [-0.1, -0.05) is 48.2 Å². The number of hydrogen-bond acceptors (Lipinski definition) is 5. The normalized spacial score (nSPS) is 14.1. The molecule has 1 N–H and O–H groups in total. The molecule has 2 heterocycles. The maximum Gasteiger partial charge on any atom is 0.261 e. The zero-order valence-electron chi connectivity index (χ0n) is 19.8. The molecule has 0 saturated carbocycles. The molecular formula is C30H20N2O4S. The van der Waals surface area contributed by atoms with E-state index >= 15 is 0 Å². The molecule has 0 bridgehead atoms. The van der Waals surface area contributed by atoms with Gasteiger partial charge in [-0.3, -0.25) is 29.4 Å². The highest BCUT2D eigenvalue weighted by Crippen LogP contribution is 2.33. The predicted octanol–water partition coefficient (Wildman–Crippen LogP) is 5.67. The van der Waals surface area contributed by atoms with Crippen molar-refractivity contribution in [1.82, 2.24) is 10.2 Å². The van der Waals surface area contributed by atoms with Gasteiger partial charge in [-0.25, -0.2) is 0 Å². The zero-order valence-corrected chi connectivity index (χ0v) is 20.6. The summed E-state index contributed by atoms with van der Waals surface area (Å²) in [5.74, 6) is -1.19. The lowest BCUT2D eigenvalue weighted by molar-refractivity contribution is 0.0661. The number of imide groups is 2. The second-order valence-corrected chi connectivity index (χ2v) is 9.96. The molecule has 0 atom stereocenters. The highest BCUT2D eigenvalue weighted by molar-refractivity contribution is 7.99. The number of rotatable bonds is 5. The summed E-state index contributed by atoms with van der Waals surface area (Å²) in [6, 6.07) is 26.8. The maximum atomic E-state index is 12.5. The van der Waals surface area contributed by atoms with Gasteiger partial charge in [0.15, 0.2) is 0 Å². The van der Waals surface area contributed by atoms with Gasteiger partial charge >= 0.3 is 0 Å². The van der Waals surface area contributed by atoms with Crippen LogP contribution >= 0.6 is 11.8 Å². The summed E-state index contributed by atoms with van der Waals surface area (Å²) in [6.45, 7) is 2.16. The Labute approximate surface area is 217 Å². The second kappa shape index (κ2) is 8.87. The molecule has 6 nitrogen and oxygen atoms in total. The first-order valence-electron chi connectivity index (χ1n) is 11.8. The standard InChI is InChI=1S/C30H20N2O4S/c1-2-32-29(35)24-14-8-20(16-26(24)30(32)36)18-5-11-22(12-6-18)37-21-9-3-17(4-10-21)19-7-13-23-25(15-19)28(34)31-27(23)33/h3-16H,2H2,1H3,(H,31,33,34). The molecule has 4 aromatic rings. The predicted molar refractivity (Wildman–Crippen MR) is 141 cm³/mol. The van der Waals surface area contributed by atoms with Crippen LogP contribution in [0.15, 0.2) is 94.7 Å². The smallest absolute Gasteiger partial charge is 0.261 e. The van der Waals surface area contributed by atoms with Gasteiger partial charge in [0.1, 0.15) is 0 Å². The first kappa shape index (κ1) is 22.9. The van der Waals surface area contributed by atoms with Crippen LogP contribution in [0, 0.1) is 0 Å². The first-order chi connectivity index (χ1) is 17.9. The molecule has 180 valence electrons. The van der Waals surface area contributed by atoms with Crippen LogP contribution in [0.4, 0.5) is 0 Å². The van der Waals surface area contributed by atoms with E-state index in [4.69, 9.17) is 0 Å². The molecule has 0 aromatic heterocycles. The molecule has 4 amide bonds. The van der Waals surface area contributed by atoms with Crippen LogP contribution < -0.4 is 5.32 Å². The van der Waals surface area contributed by atoms with Crippen molar-refractivity contribution in [2.75, 3.05) is 6.54 Å². The van der Waals surface area contributed by atoms with Gasteiger partial charge in [0.2, 0.25) is 0 Å². The third kappa shape index (κ3) is 3.93. The molecule has 0 unspecified atom stereocenters. The van der Waals surface area contributed by atoms with Crippen LogP contribution in [-0.4, -0.2) is 35.1 Å². The summed E-state index contributed by atoms with van der Waals surface area (Å²) in [5.41, 5.74) is 5.43. The molecule has 0 saturated heterocycles. The number of amides is 4. The van der Waals surface area contributed by atoms with E-state index in [9.17, 15) is 19.2 Å². The van der Waals surface area contributed by atoms with E-state index in [2.05, 4.69) is 5.32 Å². The van der Waals surface area contributed by atoms with Gasteiger partial charge < -0.3 is 0 Å². The van der Waals surface area contributed by atoms with Gasteiger partial charge in [0.25, 0.3) is 23.6 Å². The first-order valence-corrected chi connectivity index (χ1v) is 12.6. The number of nitrogens with one attached hydrogen (secondary N) is 1. The molecule has 2 aliphatic heterocycles. The van der Waals surface area contributed by atoms with Crippen LogP contribution in [0.1, 0.15) is 48.4 Å². The Morgan fingerprint density at radius 3 is 1.59 bits per heavy atom.